The smallest absolute Gasteiger partial charge is 0.317 e. The van der Waals surface area contributed by atoms with E-state index in [9.17, 15) is 91.6 Å². The van der Waals surface area contributed by atoms with Crippen LogP contribution in [0.2, 0.25) is 0 Å². The number of allylic oxidation sites excluding steroid dienone is 2. The molecule has 0 unspecified atom stereocenters. The molecule has 0 aromatic heterocycles. The van der Waals surface area contributed by atoms with E-state index in [1.807, 2.05) is 6.92 Å². The van der Waals surface area contributed by atoms with Crippen molar-refractivity contribution in [1.29, 1.82) is 0 Å². The van der Waals surface area contributed by atoms with Crippen molar-refractivity contribution in [3.63, 3.8) is 0 Å². The van der Waals surface area contributed by atoms with Gasteiger partial charge in [-0.1, -0.05) is 46.3 Å². The van der Waals surface area contributed by atoms with Crippen LogP contribution in [0, 0.1) is 50.2 Å². The number of aliphatic hydroxyl groups is 16. The highest BCUT2D eigenvalue weighted by molar-refractivity contribution is 5.80. The predicted octanol–water partition coefficient (Wildman–Crippen LogP) is -4.90. The third-order valence-corrected chi connectivity index (χ3v) is 22.8. The second kappa shape index (κ2) is 24.5. The largest absolute Gasteiger partial charge is 0.481 e. The topological polar surface area (TPSA) is 470 Å². The molecule has 10 rings (SSSR count). The number of esters is 1. The van der Waals surface area contributed by atoms with Crippen molar-refractivity contribution in [1.82, 2.24) is 0 Å². The van der Waals surface area contributed by atoms with Gasteiger partial charge in [0.2, 0.25) is 6.29 Å². The van der Waals surface area contributed by atoms with Gasteiger partial charge in [-0.2, -0.15) is 0 Å². The van der Waals surface area contributed by atoms with Crippen molar-refractivity contribution in [3.05, 3.63) is 11.6 Å². The molecule has 0 spiro atoms. The highest BCUT2D eigenvalue weighted by atomic mass is 16.8. The number of aliphatic hydroxyl groups excluding tert-OH is 16. The molecule has 10 aliphatic rings. The summed E-state index contributed by atoms with van der Waals surface area (Å²) >= 11 is 0. The molecule has 0 amide bonds. The first-order valence-electron chi connectivity index (χ1n) is 30.4. The van der Waals surface area contributed by atoms with Crippen LogP contribution < -0.4 is 0 Å². The monoisotopic (exact) mass is 1250 g/mol. The first-order chi connectivity index (χ1) is 40.7. The molecular formula is C58H92O29. The predicted molar refractivity (Wildman–Crippen MR) is 287 cm³/mol. The zero-order valence-electron chi connectivity index (χ0n) is 49.8. The maximum Gasteiger partial charge on any atom is 0.317 e. The summed E-state index contributed by atoms with van der Waals surface area (Å²) in [4.78, 5) is 29.5. The maximum absolute atomic E-state index is 15.5. The summed E-state index contributed by atoms with van der Waals surface area (Å²) in [6.07, 6.45) is -40.1. The number of ether oxygens (including phenoxy) is 10. The van der Waals surface area contributed by atoms with Crippen molar-refractivity contribution in [2.45, 2.75) is 259 Å². The van der Waals surface area contributed by atoms with Gasteiger partial charge in [-0.05, 0) is 105 Å². The Kier molecular flexibility index (Phi) is 19.1. The summed E-state index contributed by atoms with van der Waals surface area (Å²) in [7, 11) is 0. The lowest BCUT2D eigenvalue weighted by Gasteiger charge is -2.71. The highest BCUT2D eigenvalue weighted by Crippen LogP contribution is 2.76. The van der Waals surface area contributed by atoms with Gasteiger partial charge in [-0.25, -0.2) is 0 Å². The Morgan fingerprint density at radius 3 is 1.74 bits per heavy atom. The third-order valence-electron chi connectivity index (χ3n) is 22.8. The van der Waals surface area contributed by atoms with Crippen LogP contribution in [0.5, 0.6) is 0 Å². The second-order valence-corrected chi connectivity index (χ2v) is 28.2. The van der Waals surface area contributed by atoms with E-state index >= 15 is 4.79 Å². The highest BCUT2D eigenvalue weighted by Gasteiger charge is 2.74. The van der Waals surface area contributed by atoms with E-state index in [4.69, 9.17) is 47.4 Å². The number of carbonyl (C=O) groups is 2. The van der Waals surface area contributed by atoms with Gasteiger partial charge < -0.3 is 134 Å². The van der Waals surface area contributed by atoms with Gasteiger partial charge in [0, 0.05) is 0 Å². The van der Waals surface area contributed by atoms with E-state index in [0.717, 1.165) is 5.57 Å². The lowest BCUT2D eigenvalue weighted by Crippen LogP contribution is -2.71. The molecule has 87 heavy (non-hydrogen) atoms. The van der Waals surface area contributed by atoms with Gasteiger partial charge in [-0.3, -0.25) is 9.59 Å². The molecule has 17 N–H and O–H groups in total. The molecular weight excluding hydrogens is 1160 g/mol. The Bertz CT molecular complexity index is 2490. The Labute approximate surface area is 502 Å². The molecule has 5 heterocycles. The molecule has 0 radical (unpaired) electrons. The van der Waals surface area contributed by atoms with Crippen LogP contribution in [0.15, 0.2) is 11.6 Å². The van der Waals surface area contributed by atoms with Crippen molar-refractivity contribution in [2.24, 2.45) is 50.2 Å². The molecule has 29 nitrogen and oxygen atoms in total. The average molecular weight is 1250 g/mol. The summed E-state index contributed by atoms with van der Waals surface area (Å²) in [5.41, 5.74) is -5.64. The van der Waals surface area contributed by atoms with Gasteiger partial charge >= 0.3 is 11.9 Å². The first-order valence-corrected chi connectivity index (χ1v) is 30.4. The zero-order valence-corrected chi connectivity index (χ0v) is 49.8. The van der Waals surface area contributed by atoms with Crippen LogP contribution in [0.3, 0.4) is 0 Å². The number of rotatable bonds is 13. The fraction of sp³-hybridized carbons (Fsp3) is 0.931. The molecule has 0 aromatic rings. The summed E-state index contributed by atoms with van der Waals surface area (Å²) in [5, 5.41) is 187. The molecule has 5 aliphatic heterocycles. The summed E-state index contributed by atoms with van der Waals surface area (Å²) < 4.78 is 58.6. The summed E-state index contributed by atoms with van der Waals surface area (Å²) in [5.74, 6) is -4.01. The van der Waals surface area contributed by atoms with Crippen LogP contribution in [-0.4, -0.2) is 285 Å². The molecule has 4 saturated carbocycles. The molecule has 0 aromatic carbocycles. The molecule has 5 saturated heterocycles. The van der Waals surface area contributed by atoms with Crippen LogP contribution in [-0.2, 0) is 57.0 Å². The second-order valence-electron chi connectivity index (χ2n) is 28.2. The van der Waals surface area contributed by atoms with Crippen LogP contribution >= 0.6 is 0 Å². The van der Waals surface area contributed by atoms with E-state index in [-0.39, 0.29) is 37.0 Å². The van der Waals surface area contributed by atoms with Crippen molar-refractivity contribution >= 4 is 11.9 Å². The number of carboxylic acid groups (broad SMARTS) is 1. The Hall–Kier alpha value is -2.32. The SMILES string of the molecule is C[C@@H]1O[C@@H](O[C@H]2[C@H](OC(=O)[C@]34CCC(C)(C)C[C@H]3C3=CC[C@@H]5[C@@]6(C)C[C@H](O)[C@H](O[C@@H]7O[C@H](CO)[C@@H](O)[C@H](O[C@@H]8O[C@H](CO)[C@@H](O)[C@H](O)[C@H]8O)[C@H]7O)[C@@](C)(C(=O)O)[C@@H]6CC[C@@]5(C)[C@]3(C)C[C@H]4O)OC[C@H](O)[C@@H]2O)[C@H](O)[C@H](O[C@@H]2OC[C@H](O)[C@H](O)[C@H]2O)[C@H]1O. The summed E-state index contributed by atoms with van der Waals surface area (Å²) in [6.45, 7) is 10.4. The van der Waals surface area contributed by atoms with Gasteiger partial charge in [0.1, 0.15) is 109 Å². The van der Waals surface area contributed by atoms with Crippen molar-refractivity contribution in [2.75, 3.05) is 26.4 Å². The van der Waals surface area contributed by atoms with Gasteiger partial charge in [-0.15, -0.1) is 0 Å². The van der Waals surface area contributed by atoms with Crippen LogP contribution in [0.4, 0.5) is 0 Å². The van der Waals surface area contributed by atoms with Crippen LogP contribution in [0.1, 0.15) is 99.8 Å². The minimum Gasteiger partial charge on any atom is -0.481 e. The lowest BCUT2D eigenvalue weighted by molar-refractivity contribution is -0.373. The van der Waals surface area contributed by atoms with Gasteiger partial charge in [0.25, 0.3) is 0 Å². The van der Waals surface area contributed by atoms with Crippen molar-refractivity contribution in [3.8, 4) is 0 Å². The molecule has 34 atom stereocenters. The molecule has 5 aliphatic carbocycles. The first kappa shape index (κ1) is 67.6. The van der Waals surface area contributed by atoms with Crippen molar-refractivity contribution < 1.29 is 144 Å². The Morgan fingerprint density at radius 1 is 0.552 bits per heavy atom. The standard InChI is InChI=1S/C58H92O29/c1-21-32(65)42(83-46-38(71)33(66)25(62)19-78-46)40(73)48(80-21)85-44-34(67)26(63)20-79-50(44)87-52(77)58-13-12-53(2,3)14-23(58)22-8-9-29-54(4)15-24(61)45(57(7,51(75)76)30(54)10-11-55(29,5)56(22,6)16-31(58)64)86-49-41(74)43(36(69)28(18-60)82-49)84-47-39(72)37(70)35(68)27(17-59)81-47/h8,21,23-50,59-74H,9-20H2,1-7H3,(H,75,76)/t21-,23-,24-,25-,26-,27+,28+,29+,30+,31+,32-,33-,34-,35+,36+,37-,38+,39+,40+,41+,42+,43-,44+,45-,46-,47-,48-,49-,50-,54+,55+,56+,57-,58+/m0/s1. The maximum atomic E-state index is 15.5. The minimum atomic E-state index is -2.02. The fourth-order valence-electron chi connectivity index (χ4n) is 17.5. The van der Waals surface area contributed by atoms with Gasteiger partial charge in [0.05, 0.1) is 50.2 Å². The molecule has 0 bridgehead atoms. The van der Waals surface area contributed by atoms with Crippen LogP contribution in [0.25, 0.3) is 0 Å². The molecule has 29 heteroatoms. The molecule has 9 fully saturated rings. The number of carboxylic acids is 1. The number of hydrogen-bond acceptors (Lipinski definition) is 28. The third kappa shape index (κ3) is 11.0. The minimum absolute atomic E-state index is 0.0239. The number of carbonyl (C=O) groups excluding carboxylic acids is 1. The Balaban J connectivity index is 0.902. The van der Waals surface area contributed by atoms with E-state index < -0.39 is 237 Å². The van der Waals surface area contributed by atoms with Gasteiger partial charge in [0.15, 0.2) is 31.3 Å². The zero-order chi connectivity index (χ0) is 63.7. The lowest BCUT2D eigenvalue weighted by atomic mass is 9.33. The Morgan fingerprint density at radius 2 is 1.10 bits per heavy atom. The number of hydrogen-bond donors (Lipinski definition) is 17. The quantitative estimate of drug-likeness (QED) is 0.0467. The number of fused-ring (bicyclic) bond motifs is 7. The average Bonchev–Trinajstić information content (AvgIpc) is 0.673. The fourth-order valence-corrected chi connectivity index (χ4v) is 17.5. The van der Waals surface area contributed by atoms with E-state index in [1.54, 1.807) is 0 Å². The summed E-state index contributed by atoms with van der Waals surface area (Å²) in [6, 6.07) is 0. The van der Waals surface area contributed by atoms with E-state index in [2.05, 4.69) is 33.8 Å². The molecule has 498 valence electrons. The van der Waals surface area contributed by atoms with E-state index in [0.29, 0.717) is 25.7 Å². The van der Waals surface area contributed by atoms with E-state index in [1.165, 1.54) is 13.8 Å². The number of aliphatic carboxylic acids is 1. The normalized spacial score (nSPS) is 55.1.